The third-order valence-electron chi connectivity index (χ3n) is 6.86. The molecule has 0 unspecified atom stereocenters. The van der Waals surface area contributed by atoms with Crippen LogP contribution in [0.1, 0.15) is 62.5 Å². The molecule has 1 aromatic heterocycles. The number of ether oxygens (including phenoxy) is 4. The second-order valence-electron chi connectivity index (χ2n) is 11.1. The summed E-state index contributed by atoms with van der Waals surface area (Å²) in [5.41, 5.74) is 4.09. The van der Waals surface area contributed by atoms with Crippen LogP contribution in [0.25, 0.3) is 0 Å². The van der Waals surface area contributed by atoms with Crippen molar-refractivity contribution in [2.75, 3.05) is 31.2 Å². The lowest BCUT2D eigenvalue weighted by atomic mass is 9.93. The van der Waals surface area contributed by atoms with Crippen LogP contribution in [-0.4, -0.2) is 48.3 Å². The summed E-state index contributed by atoms with van der Waals surface area (Å²) in [6.45, 7) is 11.9. The molecule has 0 bridgehead atoms. The van der Waals surface area contributed by atoms with E-state index in [-0.39, 0.29) is 11.9 Å². The zero-order chi connectivity index (χ0) is 28.4. The van der Waals surface area contributed by atoms with E-state index in [4.69, 9.17) is 19.2 Å². The van der Waals surface area contributed by atoms with Crippen molar-refractivity contribution in [2.24, 2.45) is 5.92 Å². The number of carbonyl (C=O) groups excluding carboxylic acids is 1. The van der Waals surface area contributed by atoms with Crippen molar-refractivity contribution in [1.82, 2.24) is 9.97 Å². The molecule has 40 heavy (non-hydrogen) atoms. The Kier molecular flexibility index (Phi) is 10.5. The first-order valence-corrected chi connectivity index (χ1v) is 14.0. The first kappa shape index (κ1) is 29.5. The Labute approximate surface area is 237 Å². The number of benzene rings is 2. The number of anilines is 1. The van der Waals surface area contributed by atoms with E-state index in [0.29, 0.717) is 32.2 Å². The first-order valence-electron chi connectivity index (χ1n) is 14.0. The van der Waals surface area contributed by atoms with E-state index in [9.17, 15) is 4.79 Å². The third kappa shape index (κ3) is 9.03. The minimum atomic E-state index is -0.318. The van der Waals surface area contributed by atoms with Gasteiger partial charge in [-0.25, -0.2) is 9.97 Å². The SMILES string of the molecule is CC(C)(C)OC=O.Cc1nc(CC2CCN(c3ccc(C4OCCO4)cc3)CC2)ncc1OCc1ccccc1. The lowest BCUT2D eigenvalue weighted by Crippen LogP contribution is -2.34. The highest BCUT2D eigenvalue weighted by Gasteiger charge is 2.22. The molecule has 0 radical (unpaired) electrons. The molecular weight excluding hydrogens is 506 g/mol. The molecular formula is C32H41N3O5. The van der Waals surface area contributed by atoms with Gasteiger partial charge in [0.2, 0.25) is 0 Å². The average Bonchev–Trinajstić information content (AvgIpc) is 3.49. The highest BCUT2D eigenvalue weighted by Crippen LogP contribution is 2.29. The van der Waals surface area contributed by atoms with Crippen molar-refractivity contribution in [2.45, 2.75) is 65.5 Å². The smallest absolute Gasteiger partial charge is 0.293 e. The van der Waals surface area contributed by atoms with Gasteiger partial charge in [-0.3, -0.25) is 4.79 Å². The Bertz CT molecular complexity index is 1180. The Morgan fingerprint density at radius 1 is 1.00 bits per heavy atom. The maximum atomic E-state index is 9.60. The lowest BCUT2D eigenvalue weighted by molar-refractivity contribution is -0.138. The molecule has 0 atom stereocenters. The van der Waals surface area contributed by atoms with Crippen molar-refractivity contribution >= 4 is 12.2 Å². The van der Waals surface area contributed by atoms with Crippen LogP contribution in [0.3, 0.4) is 0 Å². The van der Waals surface area contributed by atoms with Gasteiger partial charge in [-0.2, -0.15) is 0 Å². The van der Waals surface area contributed by atoms with Crippen LogP contribution in [0, 0.1) is 12.8 Å². The quantitative estimate of drug-likeness (QED) is 0.326. The van der Waals surface area contributed by atoms with Crippen molar-refractivity contribution in [3.63, 3.8) is 0 Å². The van der Waals surface area contributed by atoms with E-state index in [0.717, 1.165) is 60.7 Å². The number of aryl methyl sites for hydroxylation is 1. The largest absolute Gasteiger partial charge is 0.485 e. The molecule has 0 spiro atoms. The molecule has 3 heterocycles. The standard InChI is InChI=1S/C27H31N3O3.C5H10O2/c1-20-25(33-19-22-5-3-2-4-6-22)18-28-26(29-20)17-21-11-13-30(14-12-21)24-9-7-23(8-10-24)27-31-15-16-32-27;1-5(2,3)7-4-6/h2-10,18,21,27H,11-17,19H2,1H3;4H,1-3H3. The molecule has 0 N–H and O–H groups in total. The molecule has 2 fully saturated rings. The summed E-state index contributed by atoms with van der Waals surface area (Å²) in [6, 6.07) is 18.8. The Hall–Kier alpha value is -3.49. The summed E-state index contributed by atoms with van der Waals surface area (Å²) in [5.74, 6) is 2.28. The molecule has 0 aliphatic carbocycles. The fourth-order valence-electron chi connectivity index (χ4n) is 4.67. The van der Waals surface area contributed by atoms with Gasteiger partial charge in [-0.1, -0.05) is 42.5 Å². The predicted molar refractivity (Wildman–Crippen MR) is 154 cm³/mol. The summed E-state index contributed by atoms with van der Waals surface area (Å²) < 4.78 is 21.7. The summed E-state index contributed by atoms with van der Waals surface area (Å²) >= 11 is 0. The van der Waals surface area contributed by atoms with Crippen molar-refractivity contribution in [3.05, 3.63) is 83.4 Å². The molecule has 2 saturated heterocycles. The Morgan fingerprint density at radius 2 is 1.68 bits per heavy atom. The van der Waals surface area contributed by atoms with E-state index in [1.54, 1.807) is 0 Å². The van der Waals surface area contributed by atoms with E-state index < -0.39 is 0 Å². The maximum absolute atomic E-state index is 9.60. The number of rotatable bonds is 8. The topological polar surface area (TPSA) is 83.0 Å². The van der Waals surface area contributed by atoms with Crippen LogP contribution in [-0.2, 0) is 32.0 Å². The molecule has 8 heteroatoms. The summed E-state index contributed by atoms with van der Waals surface area (Å²) in [4.78, 5) is 21.4. The van der Waals surface area contributed by atoms with Crippen LogP contribution < -0.4 is 9.64 Å². The molecule has 5 rings (SSSR count). The van der Waals surface area contributed by atoms with Crippen LogP contribution in [0.4, 0.5) is 5.69 Å². The fraction of sp³-hybridized carbons (Fsp3) is 0.469. The van der Waals surface area contributed by atoms with Gasteiger partial charge in [0.1, 0.15) is 18.0 Å². The number of aromatic nitrogens is 2. The first-order chi connectivity index (χ1) is 19.3. The van der Waals surface area contributed by atoms with Gasteiger partial charge < -0.3 is 23.8 Å². The van der Waals surface area contributed by atoms with E-state index in [2.05, 4.69) is 51.0 Å². The highest BCUT2D eigenvalue weighted by molar-refractivity contribution is 5.48. The lowest BCUT2D eigenvalue weighted by Gasteiger charge is -2.33. The second kappa shape index (κ2) is 14.2. The third-order valence-corrected chi connectivity index (χ3v) is 6.86. The zero-order valence-corrected chi connectivity index (χ0v) is 24.0. The van der Waals surface area contributed by atoms with Crippen molar-refractivity contribution in [3.8, 4) is 5.75 Å². The molecule has 2 aliphatic rings. The van der Waals surface area contributed by atoms with E-state index >= 15 is 0 Å². The van der Waals surface area contributed by atoms with Gasteiger partial charge in [0.25, 0.3) is 6.47 Å². The summed E-state index contributed by atoms with van der Waals surface area (Å²) in [7, 11) is 0. The minimum absolute atomic E-state index is 0.205. The van der Waals surface area contributed by atoms with Crippen molar-refractivity contribution < 1.29 is 23.7 Å². The molecule has 3 aromatic rings. The summed E-state index contributed by atoms with van der Waals surface area (Å²) in [6.07, 6.45) is 4.83. The maximum Gasteiger partial charge on any atom is 0.293 e. The number of carbonyl (C=O) groups is 1. The van der Waals surface area contributed by atoms with Gasteiger partial charge in [0.15, 0.2) is 12.0 Å². The number of hydrogen-bond donors (Lipinski definition) is 0. The molecule has 214 valence electrons. The van der Waals surface area contributed by atoms with Gasteiger partial charge in [0, 0.05) is 30.8 Å². The van der Waals surface area contributed by atoms with Gasteiger partial charge in [0.05, 0.1) is 25.1 Å². The molecule has 8 nitrogen and oxygen atoms in total. The van der Waals surface area contributed by atoms with Crippen LogP contribution in [0.15, 0.2) is 60.8 Å². The molecule has 2 aromatic carbocycles. The Morgan fingerprint density at radius 3 is 2.25 bits per heavy atom. The Balaban J connectivity index is 0.000000470. The van der Waals surface area contributed by atoms with Gasteiger partial charge in [-0.05, 0) is 64.2 Å². The van der Waals surface area contributed by atoms with Gasteiger partial charge in [-0.15, -0.1) is 0 Å². The van der Waals surface area contributed by atoms with E-state index in [1.807, 2.05) is 52.1 Å². The highest BCUT2D eigenvalue weighted by atomic mass is 16.7. The number of hydrogen-bond acceptors (Lipinski definition) is 8. The van der Waals surface area contributed by atoms with Crippen LogP contribution in [0.2, 0.25) is 0 Å². The molecule has 0 saturated carbocycles. The predicted octanol–water partition coefficient (Wildman–Crippen LogP) is 5.83. The monoisotopic (exact) mass is 547 g/mol. The fourth-order valence-corrected chi connectivity index (χ4v) is 4.67. The van der Waals surface area contributed by atoms with Crippen LogP contribution in [0.5, 0.6) is 5.75 Å². The summed E-state index contributed by atoms with van der Waals surface area (Å²) in [5, 5.41) is 0. The second-order valence-corrected chi connectivity index (χ2v) is 11.1. The van der Waals surface area contributed by atoms with Gasteiger partial charge >= 0.3 is 0 Å². The number of nitrogens with zero attached hydrogens (tertiary/aromatic N) is 3. The normalized spacial score (nSPS) is 16.2. The van der Waals surface area contributed by atoms with E-state index in [1.165, 1.54) is 5.69 Å². The number of piperidine rings is 1. The minimum Gasteiger partial charge on any atom is -0.485 e. The van der Waals surface area contributed by atoms with Crippen molar-refractivity contribution in [1.29, 1.82) is 0 Å². The zero-order valence-electron chi connectivity index (χ0n) is 24.0. The van der Waals surface area contributed by atoms with Crippen LogP contribution >= 0.6 is 0 Å². The molecule has 2 aliphatic heterocycles. The molecule has 0 amide bonds. The average molecular weight is 548 g/mol.